The van der Waals surface area contributed by atoms with E-state index in [-0.39, 0.29) is 17.7 Å². The number of piperazine rings is 1. The van der Waals surface area contributed by atoms with Crippen molar-refractivity contribution in [3.8, 4) is 0 Å². The molecular weight excluding hydrogens is 505 g/mol. The lowest BCUT2D eigenvalue weighted by molar-refractivity contribution is -0.138. The van der Waals surface area contributed by atoms with E-state index >= 15 is 0 Å². The van der Waals surface area contributed by atoms with Crippen molar-refractivity contribution in [1.29, 1.82) is 0 Å². The minimum Gasteiger partial charge on any atom is -0.383 e. The molecule has 1 saturated heterocycles. The third kappa shape index (κ3) is 6.76. The number of hydrogen-bond acceptors (Lipinski definition) is 5. The Kier molecular flexibility index (Phi) is 7.85. The highest BCUT2D eigenvalue weighted by Gasteiger charge is 2.34. The highest BCUT2D eigenvalue weighted by Crippen LogP contribution is 2.33. The van der Waals surface area contributed by atoms with Gasteiger partial charge in [0.15, 0.2) is 0 Å². The highest BCUT2D eigenvalue weighted by molar-refractivity contribution is 6.04. The van der Waals surface area contributed by atoms with Crippen LogP contribution in [-0.2, 0) is 19.1 Å². The van der Waals surface area contributed by atoms with Gasteiger partial charge in [0.25, 0.3) is 5.91 Å². The number of anilines is 2. The number of nitrogens with one attached hydrogen (secondary N) is 3. The van der Waals surface area contributed by atoms with E-state index in [4.69, 9.17) is 0 Å². The van der Waals surface area contributed by atoms with Crippen LogP contribution >= 0.6 is 0 Å². The fourth-order valence-corrected chi connectivity index (χ4v) is 4.76. The maximum atomic E-state index is 13.9. The molecule has 3 N–H and O–H groups in total. The van der Waals surface area contributed by atoms with Crippen LogP contribution in [0.1, 0.15) is 27.0 Å². The predicted octanol–water partition coefficient (Wildman–Crippen LogP) is 5.24. The van der Waals surface area contributed by atoms with Gasteiger partial charge in [-0.2, -0.15) is 13.2 Å². The number of alkyl halides is 3. The number of hydrogen-bond donors (Lipinski definition) is 3. The number of pyridine rings is 1. The number of amides is 1. The van der Waals surface area contributed by atoms with Crippen molar-refractivity contribution in [3.05, 3.63) is 89.2 Å². The van der Waals surface area contributed by atoms with Crippen LogP contribution < -0.4 is 10.6 Å². The minimum absolute atomic E-state index is 0.0239. The van der Waals surface area contributed by atoms with Crippen molar-refractivity contribution in [2.45, 2.75) is 19.1 Å². The van der Waals surface area contributed by atoms with Crippen LogP contribution in [0.25, 0.3) is 11.0 Å². The molecule has 1 aliphatic rings. The number of halogens is 3. The normalized spacial score (nSPS) is 15.0. The number of fused-ring (bicyclic) bond motifs is 1. The number of carbonyl (C=O) groups is 1. The van der Waals surface area contributed by atoms with Crippen LogP contribution in [0.15, 0.2) is 67.0 Å². The number of aromatic nitrogens is 2. The van der Waals surface area contributed by atoms with Crippen LogP contribution in [0.5, 0.6) is 0 Å². The van der Waals surface area contributed by atoms with Crippen molar-refractivity contribution in [3.63, 3.8) is 0 Å². The zero-order valence-electron chi connectivity index (χ0n) is 21.7. The van der Waals surface area contributed by atoms with Crippen molar-refractivity contribution in [1.82, 2.24) is 19.8 Å². The fraction of sp³-hybridized carbons (Fsp3) is 0.310. The Balaban J connectivity index is 1.22. The second-order valence-corrected chi connectivity index (χ2v) is 9.92. The molecule has 1 amide bonds. The molecule has 0 spiro atoms. The molecule has 7 nitrogen and oxygen atoms in total. The molecule has 0 saturated carbocycles. The largest absolute Gasteiger partial charge is 0.416 e. The second-order valence-electron chi connectivity index (χ2n) is 9.92. The first kappa shape index (κ1) is 26.7. The standard InChI is InChI=1S/C29H31F3N6O/c1-37-11-13-38(14-12-37)19-23-6-5-22(17-26(23)29(30,31)32)28(39)36-24-4-2-3-20(15-24)7-9-33-25-16-21-8-10-34-27(21)35-18-25/h2-6,8,10,15-18,33H,7,9,11-14,19H2,1H3,(H,34,35)(H,36,39). The summed E-state index contributed by atoms with van der Waals surface area (Å²) in [5.41, 5.74) is 2.64. The third-order valence-electron chi connectivity index (χ3n) is 7.00. The Morgan fingerprint density at radius 3 is 2.64 bits per heavy atom. The van der Waals surface area contributed by atoms with Crippen LogP contribution in [0.2, 0.25) is 0 Å². The molecule has 1 fully saturated rings. The molecule has 1 aliphatic heterocycles. The molecule has 204 valence electrons. The summed E-state index contributed by atoms with van der Waals surface area (Å²) >= 11 is 0. The molecule has 3 heterocycles. The zero-order chi connectivity index (χ0) is 27.4. The van der Waals surface area contributed by atoms with E-state index in [2.05, 4.69) is 25.5 Å². The Morgan fingerprint density at radius 2 is 1.85 bits per heavy atom. The minimum atomic E-state index is -4.55. The maximum Gasteiger partial charge on any atom is 0.416 e. The van der Waals surface area contributed by atoms with Gasteiger partial charge >= 0.3 is 6.18 Å². The summed E-state index contributed by atoms with van der Waals surface area (Å²) in [6.45, 7) is 3.91. The van der Waals surface area contributed by atoms with Crippen LogP contribution in [0.4, 0.5) is 24.5 Å². The summed E-state index contributed by atoms with van der Waals surface area (Å²) in [6.07, 6.45) is -0.254. The molecule has 2 aromatic carbocycles. The predicted molar refractivity (Wildman–Crippen MR) is 147 cm³/mol. The van der Waals surface area contributed by atoms with Crippen molar-refractivity contribution in [2.24, 2.45) is 0 Å². The average Bonchev–Trinajstić information content (AvgIpc) is 3.38. The summed E-state index contributed by atoms with van der Waals surface area (Å²) in [4.78, 5) is 24.5. The summed E-state index contributed by atoms with van der Waals surface area (Å²) < 4.78 is 41.8. The quantitative estimate of drug-likeness (QED) is 0.287. The second kappa shape index (κ2) is 11.5. The number of benzene rings is 2. The summed E-state index contributed by atoms with van der Waals surface area (Å²) in [6, 6.07) is 15.2. The summed E-state index contributed by atoms with van der Waals surface area (Å²) in [5, 5.41) is 7.11. The van der Waals surface area contributed by atoms with Crippen LogP contribution in [-0.4, -0.2) is 65.4 Å². The van der Waals surface area contributed by atoms with E-state index in [0.717, 1.165) is 41.4 Å². The van der Waals surface area contributed by atoms with Gasteiger partial charge in [0.05, 0.1) is 17.4 Å². The molecular formula is C29H31F3N6O. The lowest BCUT2D eigenvalue weighted by atomic mass is 10.0. The molecule has 2 aromatic heterocycles. The molecule has 5 rings (SSSR count). The van der Waals surface area contributed by atoms with E-state index < -0.39 is 17.6 Å². The van der Waals surface area contributed by atoms with E-state index in [1.165, 1.54) is 12.1 Å². The van der Waals surface area contributed by atoms with Gasteiger partial charge in [-0.3, -0.25) is 9.69 Å². The number of nitrogens with zero attached hydrogens (tertiary/aromatic N) is 3. The smallest absolute Gasteiger partial charge is 0.383 e. The molecule has 0 radical (unpaired) electrons. The first-order valence-corrected chi connectivity index (χ1v) is 12.9. The first-order valence-electron chi connectivity index (χ1n) is 12.9. The number of H-pyrrole nitrogens is 1. The van der Waals surface area contributed by atoms with Crippen LogP contribution in [0, 0.1) is 0 Å². The van der Waals surface area contributed by atoms with Gasteiger partial charge in [0.2, 0.25) is 0 Å². The van der Waals surface area contributed by atoms with Crippen LogP contribution in [0.3, 0.4) is 0 Å². The average molecular weight is 537 g/mol. The Hall–Kier alpha value is -3.89. The number of carbonyl (C=O) groups excluding carboxylic acids is 1. The molecule has 4 aromatic rings. The topological polar surface area (TPSA) is 76.3 Å². The molecule has 0 bridgehead atoms. The van der Waals surface area contributed by atoms with E-state index in [1.807, 2.05) is 48.5 Å². The fourth-order valence-electron chi connectivity index (χ4n) is 4.76. The van der Waals surface area contributed by atoms with E-state index in [9.17, 15) is 18.0 Å². The summed E-state index contributed by atoms with van der Waals surface area (Å²) in [7, 11) is 2.00. The van der Waals surface area contributed by atoms with Crippen molar-refractivity contribution in [2.75, 3.05) is 50.4 Å². The lowest BCUT2D eigenvalue weighted by Gasteiger charge is -2.33. The van der Waals surface area contributed by atoms with Gasteiger partial charge in [-0.25, -0.2) is 4.98 Å². The monoisotopic (exact) mass is 536 g/mol. The van der Waals surface area contributed by atoms with Gasteiger partial charge in [-0.05, 0) is 61.0 Å². The Morgan fingerprint density at radius 1 is 1.03 bits per heavy atom. The molecule has 0 aliphatic carbocycles. The molecule has 0 atom stereocenters. The van der Waals surface area contributed by atoms with Gasteiger partial charge in [-0.1, -0.05) is 18.2 Å². The summed E-state index contributed by atoms with van der Waals surface area (Å²) in [5.74, 6) is -0.576. The number of likely N-dealkylation sites (N-methyl/N-ethyl adjacent to an activating group) is 1. The Labute approximate surface area is 225 Å². The van der Waals surface area contributed by atoms with Gasteiger partial charge < -0.3 is 20.5 Å². The first-order chi connectivity index (χ1) is 18.7. The third-order valence-corrected chi connectivity index (χ3v) is 7.00. The zero-order valence-corrected chi connectivity index (χ0v) is 21.7. The SMILES string of the molecule is CN1CCN(Cc2ccc(C(=O)Nc3cccc(CCNc4cnc5[nH]ccc5c4)c3)cc2C(F)(F)F)CC1. The molecule has 39 heavy (non-hydrogen) atoms. The number of aromatic amines is 1. The van der Waals surface area contributed by atoms with Gasteiger partial charge in [0, 0.05) is 62.1 Å². The van der Waals surface area contributed by atoms with Crippen molar-refractivity contribution >= 4 is 28.3 Å². The lowest BCUT2D eigenvalue weighted by Crippen LogP contribution is -2.44. The van der Waals surface area contributed by atoms with Crippen molar-refractivity contribution < 1.29 is 18.0 Å². The van der Waals surface area contributed by atoms with Gasteiger partial charge in [-0.15, -0.1) is 0 Å². The maximum absolute atomic E-state index is 13.9. The van der Waals surface area contributed by atoms with E-state index in [1.54, 1.807) is 12.3 Å². The number of rotatable bonds is 8. The highest BCUT2D eigenvalue weighted by atomic mass is 19.4. The molecule has 10 heteroatoms. The Bertz CT molecular complexity index is 1440. The molecule has 0 unspecified atom stereocenters. The van der Waals surface area contributed by atoms with E-state index in [0.29, 0.717) is 31.7 Å². The van der Waals surface area contributed by atoms with Gasteiger partial charge in [0.1, 0.15) is 5.65 Å².